The van der Waals surface area contributed by atoms with Crippen LogP contribution in [0.4, 0.5) is 5.69 Å². The number of anilines is 1. The van der Waals surface area contributed by atoms with Gasteiger partial charge in [-0.2, -0.15) is 4.98 Å². The van der Waals surface area contributed by atoms with Gasteiger partial charge in [-0.1, -0.05) is 23.4 Å². The zero-order chi connectivity index (χ0) is 18.4. The number of hydrazine groups is 1. The normalized spacial score (nSPS) is 10.0. The molecule has 1 heterocycles. The number of thiocarbonyl (C=S) groups is 1. The van der Waals surface area contributed by atoms with Crippen LogP contribution in [-0.4, -0.2) is 28.3 Å². The molecular weight excluding hydrogens is 354 g/mol. The van der Waals surface area contributed by atoms with Gasteiger partial charge in [0.05, 0.1) is 7.11 Å². The van der Waals surface area contributed by atoms with Gasteiger partial charge in [0.25, 0.3) is 0 Å². The first-order chi connectivity index (χ1) is 12.7. The molecule has 8 nitrogen and oxygen atoms in total. The lowest BCUT2D eigenvalue weighted by Gasteiger charge is -2.09. The zero-order valence-electron chi connectivity index (χ0n) is 13.7. The number of hydrogen-bond donors (Lipinski definition) is 3. The molecule has 2 aromatic carbocycles. The van der Waals surface area contributed by atoms with Crippen LogP contribution in [0, 0.1) is 0 Å². The highest BCUT2D eigenvalue weighted by Crippen LogP contribution is 2.19. The lowest BCUT2D eigenvalue weighted by molar-refractivity contribution is 0.0900. The molecule has 1 amide bonds. The highest BCUT2D eigenvalue weighted by atomic mass is 32.1. The molecule has 26 heavy (non-hydrogen) atoms. The first-order valence-electron chi connectivity index (χ1n) is 7.56. The number of hydrogen-bond acceptors (Lipinski definition) is 6. The second-order valence-corrected chi connectivity index (χ2v) is 5.46. The minimum absolute atomic E-state index is 0.189. The standard InChI is InChI=1S/C17H15N5O3S/c1-24-13-9-7-11(8-10-13)14-19-16(25-22-14)15(23)20-21-17(26)18-12-5-3-2-4-6-12/h2-10H,1H3,(H,20,23)(H2,18,21,26). The van der Waals surface area contributed by atoms with E-state index < -0.39 is 5.91 Å². The van der Waals surface area contributed by atoms with E-state index in [4.69, 9.17) is 21.5 Å². The summed E-state index contributed by atoms with van der Waals surface area (Å²) in [7, 11) is 1.58. The van der Waals surface area contributed by atoms with Crippen LogP contribution >= 0.6 is 12.2 Å². The Morgan fingerprint density at radius 1 is 1.08 bits per heavy atom. The van der Waals surface area contributed by atoms with Gasteiger partial charge in [0.1, 0.15) is 5.75 Å². The van der Waals surface area contributed by atoms with Crippen LogP contribution < -0.4 is 20.9 Å². The van der Waals surface area contributed by atoms with Crippen molar-refractivity contribution in [1.29, 1.82) is 0 Å². The number of carbonyl (C=O) groups is 1. The summed E-state index contributed by atoms with van der Waals surface area (Å²) in [5.74, 6) is 0.210. The van der Waals surface area contributed by atoms with Gasteiger partial charge in [0.2, 0.25) is 5.82 Å². The quantitative estimate of drug-likeness (QED) is 0.476. The van der Waals surface area contributed by atoms with Crippen molar-refractivity contribution in [3.05, 3.63) is 60.5 Å². The van der Waals surface area contributed by atoms with E-state index in [0.29, 0.717) is 17.1 Å². The van der Waals surface area contributed by atoms with Crippen LogP contribution in [0.15, 0.2) is 59.1 Å². The molecule has 0 bridgehead atoms. The van der Waals surface area contributed by atoms with E-state index in [0.717, 1.165) is 5.69 Å². The van der Waals surface area contributed by atoms with Crippen LogP contribution in [0.25, 0.3) is 11.4 Å². The van der Waals surface area contributed by atoms with Crippen molar-refractivity contribution in [3.63, 3.8) is 0 Å². The number of para-hydroxylation sites is 1. The Hall–Kier alpha value is -3.46. The van der Waals surface area contributed by atoms with Crippen LogP contribution in [0.3, 0.4) is 0 Å². The molecule has 9 heteroatoms. The molecule has 3 rings (SSSR count). The Balaban J connectivity index is 1.56. The Labute approximate surface area is 154 Å². The highest BCUT2D eigenvalue weighted by Gasteiger charge is 2.16. The topological polar surface area (TPSA) is 101 Å². The molecule has 0 saturated carbocycles. The van der Waals surface area contributed by atoms with Crippen LogP contribution in [0.5, 0.6) is 5.75 Å². The summed E-state index contributed by atoms with van der Waals surface area (Å²) in [6.07, 6.45) is 0. The first-order valence-corrected chi connectivity index (χ1v) is 7.97. The molecule has 0 fully saturated rings. The van der Waals surface area contributed by atoms with Crippen molar-refractivity contribution >= 4 is 28.9 Å². The van der Waals surface area contributed by atoms with Crippen molar-refractivity contribution in [3.8, 4) is 17.1 Å². The van der Waals surface area contributed by atoms with Crippen LogP contribution in [-0.2, 0) is 0 Å². The fourth-order valence-electron chi connectivity index (χ4n) is 2.02. The maximum atomic E-state index is 12.1. The number of methoxy groups -OCH3 is 1. The lowest BCUT2D eigenvalue weighted by atomic mass is 10.2. The molecule has 1 aromatic heterocycles. The predicted molar refractivity (Wildman–Crippen MR) is 99.6 cm³/mol. The van der Waals surface area contributed by atoms with Gasteiger partial charge in [-0.3, -0.25) is 15.6 Å². The Kier molecular flexibility index (Phi) is 5.40. The number of ether oxygens (including phenoxy) is 1. The maximum absolute atomic E-state index is 12.1. The number of rotatable bonds is 4. The molecular formula is C17H15N5O3S. The third-order valence-electron chi connectivity index (χ3n) is 3.29. The molecule has 3 aromatic rings. The summed E-state index contributed by atoms with van der Waals surface area (Å²) in [5, 5.41) is 6.93. The van der Waals surface area contributed by atoms with Crippen LogP contribution in [0.1, 0.15) is 10.7 Å². The molecule has 0 aliphatic rings. The molecule has 0 saturated heterocycles. The maximum Gasteiger partial charge on any atom is 0.328 e. The molecule has 0 aliphatic heterocycles. The van der Waals surface area contributed by atoms with E-state index in [1.165, 1.54) is 0 Å². The summed E-state index contributed by atoms with van der Waals surface area (Å²) in [6.45, 7) is 0. The summed E-state index contributed by atoms with van der Waals surface area (Å²) in [6, 6.07) is 16.4. The second kappa shape index (κ2) is 8.08. The van der Waals surface area contributed by atoms with E-state index in [-0.39, 0.29) is 11.0 Å². The van der Waals surface area contributed by atoms with Gasteiger partial charge in [0.15, 0.2) is 5.11 Å². The molecule has 0 unspecified atom stereocenters. The molecule has 0 spiro atoms. The van der Waals surface area contributed by atoms with E-state index in [1.807, 2.05) is 30.3 Å². The molecule has 0 radical (unpaired) electrons. The zero-order valence-corrected chi connectivity index (χ0v) is 14.5. The Morgan fingerprint density at radius 2 is 1.81 bits per heavy atom. The van der Waals surface area contributed by atoms with Gasteiger partial charge in [-0.25, -0.2) is 0 Å². The fraction of sp³-hybridized carbons (Fsp3) is 0.0588. The van der Waals surface area contributed by atoms with Gasteiger partial charge >= 0.3 is 11.8 Å². The smallest absolute Gasteiger partial charge is 0.328 e. The third kappa shape index (κ3) is 4.33. The highest BCUT2D eigenvalue weighted by molar-refractivity contribution is 7.80. The number of carbonyl (C=O) groups excluding carboxylic acids is 1. The Morgan fingerprint density at radius 3 is 2.50 bits per heavy atom. The van der Waals surface area contributed by atoms with E-state index in [1.54, 1.807) is 31.4 Å². The minimum Gasteiger partial charge on any atom is -0.497 e. The van der Waals surface area contributed by atoms with Crippen molar-refractivity contribution in [2.75, 3.05) is 12.4 Å². The first kappa shape index (κ1) is 17.4. The average Bonchev–Trinajstić information content (AvgIpc) is 3.17. The predicted octanol–water partition coefficient (Wildman–Crippen LogP) is 2.38. The summed E-state index contributed by atoms with van der Waals surface area (Å²) in [5.41, 5.74) is 6.45. The van der Waals surface area contributed by atoms with Gasteiger partial charge in [-0.15, -0.1) is 0 Å². The lowest BCUT2D eigenvalue weighted by Crippen LogP contribution is -2.43. The summed E-state index contributed by atoms with van der Waals surface area (Å²) >= 11 is 5.09. The minimum atomic E-state index is -0.602. The number of benzene rings is 2. The van der Waals surface area contributed by atoms with Crippen molar-refractivity contribution in [2.45, 2.75) is 0 Å². The average molecular weight is 369 g/mol. The van der Waals surface area contributed by atoms with Crippen molar-refractivity contribution in [1.82, 2.24) is 21.0 Å². The summed E-state index contributed by atoms with van der Waals surface area (Å²) < 4.78 is 10.1. The fourth-order valence-corrected chi connectivity index (χ4v) is 2.19. The number of amides is 1. The van der Waals surface area contributed by atoms with Crippen molar-refractivity contribution in [2.24, 2.45) is 0 Å². The Bertz CT molecular complexity index is 896. The summed E-state index contributed by atoms with van der Waals surface area (Å²) in [4.78, 5) is 16.1. The van der Waals surface area contributed by atoms with Gasteiger partial charge < -0.3 is 14.6 Å². The molecule has 0 atom stereocenters. The monoisotopic (exact) mass is 369 g/mol. The SMILES string of the molecule is COc1ccc(-c2noc(C(=O)NNC(=S)Nc3ccccc3)n2)cc1. The number of nitrogens with one attached hydrogen (secondary N) is 3. The van der Waals surface area contributed by atoms with E-state index in [9.17, 15) is 4.79 Å². The van der Waals surface area contributed by atoms with E-state index >= 15 is 0 Å². The van der Waals surface area contributed by atoms with E-state index in [2.05, 4.69) is 26.3 Å². The number of aromatic nitrogens is 2. The molecule has 0 aliphatic carbocycles. The molecule has 132 valence electrons. The second-order valence-electron chi connectivity index (χ2n) is 5.05. The van der Waals surface area contributed by atoms with Crippen molar-refractivity contribution < 1.29 is 14.1 Å². The third-order valence-corrected chi connectivity index (χ3v) is 3.49. The van der Waals surface area contributed by atoms with Gasteiger partial charge in [-0.05, 0) is 48.6 Å². The van der Waals surface area contributed by atoms with Gasteiger partial charge in [0, 0.05) is 11.3 Å². The van der Waals surface area contributed by atoms with Crippen LogP contribution in [0.2, 0.25) is 0 Å². The largest absolute Gasteiger partial charge is 0.497 e. The number of nitrogens with zero attached hydrogens (tertiary/aromatic N) is 2. The molecule has 3 N–H and O–H groups in total.